The second-order valence-electron chi connectivity index (χ2n) is 7.90. The third-order valence-corrected chi connectivity index (χ3v) is 5.48. The van der Waals surface area contributed by atoms with E-state index in [0.717, 1.165) is 30.8 Å². The molecule has 0 bridgehead atoms. The molecule has 1 aliphatic rings. The van der Waals surface area contributed by atoms with Crippen LogP contribution in [0.15, 0.2) is 36.5 Å². The van der Waals surface area contributed by atoms with Crippen molar-refractivity contribution in [1.82, 2.24) is 9.88 Å². The summed E-state index contributed by atoms with van der Waals surface area (Å²) < 4.78 is 54.4. The van der Waals surface area contributed by atoms with Gasteiger partial charge in [-0.15, -0.1) is 0 Å². The highest BCUT2D eigenvalue weighted by atomic mass is 19.4. The van der Waals surface area contributed by atoms with Crippen LogP contribution in [0.2, 0.25) is 0 Å². The highest BCUT2D eigenvalue weighted by Gasteiger charge is 2.31. The van der Waals surface area contributed by atoms with Crippen LogP contribution in [-0.4, -0.2) is 74.6 Å². The first-order chi connectivity index (χ1) is 15.8. The summed E-state index contributed by atoms with van der Waals surface area (Å²) in [6, 6.07) is 8.00. The Balaban J connectivity index is 1.43. The van der Waals surface area contributed by atoms with E-state index < -0.39 is 17.8 Å². The summed E-state index contributed by atoms with van der Waals surface area (Å²) in [6.45, 7) is 3.76. The molecule has 0 spiro atoms. The van der Waals surface area contributed by atoms with E-state index in [-0.39, 0.29) is 6.61 Å². The minimum Gasteiger partial charge on any atom is -0.493 e. The number of rotatable bonds is 9. The fraction of sp³-hybridized carbons (Fsp3) is 0.522. The van der Waals surface area contributed by atoms with Crippen LogP contribution in [0.4, 0.5) is 19.0 Å². The maximum atomic E-state index is 12.7. The number of methoxy groups -OCH3 is 2. The molecule has 1 N–H and O–H groups in total. The normalized spacial score (nSPS) is 16.4. The maximum absolute atomic E-state index is 12.7. The van der Waals surface area contributed by atoms with Gasteiger partial charge >= 0.3 is 6.18 Å². The summed E-state index contributed by atoms with van der Waals surface area (Å²) >= 11 is 0. The van der Waals surface area contributed by atoms with Crippen molar-refractivity contribution in [3.63, 3.8) is 0 Å². The molecule has 1 saturated heterocycles. The second kappa shape index (κ2) is 11.5. The fourth-order valence-corrected chi connectivity index (χ4v) is 3.76. The number of anilines is 1. The Labute approximate surface area is 191 Å². The molecule has 0 radical (unpaired) electrons. The van der Waals surface area contributed by atoms with Crippen LogP contribution in [0.1, 0.15) is 17.5 Å². The summed E-state index contributed by atoms with van der Waals surface area (Å²) in [7, 11) is 3.15. The summed E-state index contributed by atoms with van der Waals surface area (Å²) in [6.07, 6.45) is -3.35. The quantitative estimate of drug-likeness (QED) is 0.605. The number of hydrogen-bond acceptors (Lipinski definition) is 7. The molecule has 3 rings (SSSR count). The molecule has 1 aromatic heterocycles. The first-order valence-corrected chi connectivity index (χ1v) is 10.8. The second-order valence-corrected chi connectivity index (χ2v) is 7.90. The van der Waals surface area contributed by atoms with E-state index in [1.807, 2.05) is 23.1 Å². The smallest absolute Gasteiger partial charge is 0.417 e. The van der Waals surface area contributed by atoms with Crippen molar-refractivity contribution >= 4 is 5.82 Å². The molecule has 0 aliphatic carbocycles. The lowest BCUT2D eigenvalue weighted by Gasteiger charge is -2.24. The molecule has 0 unspecified atom stereocenters. The van der Waals surface area contributed by atoms with Crippen LogP contribution in [0, 0.1) is 0 Å². The van der Waals surface area contributed by atoms with Crippen molar-refractivity contribution in [3.05, 3.63) is 47.7 Å². The fourth-order valence-electron chi connectivity index (χ4n) is 3.76. The van der Waals surface area contributed by atoms with Gasteiger partial charge in [-0.1, -0.05) is 6.07 Å². The predicted molar refractivity (Wildman–Crippen MR) is 118 cm³/mol. The van der Waals surface area contributed by atoms with Crippen LogP contribution in [-0.2, 0) is 17.5 Å². The van der Waals surface area contributed by atoms with Gasteiger partial charge < -0.3 is 24.2 Å². The zero-order valence-electron chi connectivity index (χ0n) is 18.8. The number of β-amino-alcohol motifs (C(OH)–C–C–N with tert-alkyl or cyclic N) is 1. The monoisotopic (exact) mass is 469 g/mol. The van der Waals surface area contributed by atoms with E-state index in [4.69, 9.17) is 14.2 Å². The van der Waals surface area contributed by atoms with Crippen LogP contribution in [0.5, 0.6) is 11.5 Å². The SMILES string of the molecule is COc1ccc(COC[C@H](O)CN2CCCN(c3ccc(C(F)(F)F)cn3)CC2)cc1OC. The number of nitrogens with zero attached hydrogens (tertiary/aromatic N) is 3. The first kappa shape index (κ1) is 25.1. The molecule has 1 atom stereocenters. The molecular weight excluding hydrogens is 439 g/mol. The molecular formula is C23H30F3N3O4. The van der Waals surface area contributed by atoms with Gasteiger partial charge in [0, 0.05) is 32.4 Å². The van der Waals surface area contributed by atoms with Gasteiger partial charge in [0.25, 0.3) is 0 Å². The van der Waals surface area contributed by atoms with Crippen LogP contribution in [0.25, 0.3) is 0 Å². The number of hydrogen-bond donors (Lipinski definition) is 1. The third-order valence-electron chi connectivity index (χ3n) is 5.48. The maximum Gasteiger partial charge on any atom is 0.417 e. The van der Waals surface area contributed by atoms with E-state index in [1.165, 1.54) is 6.07 Å². The van der Waals surface area contributed by atoms with E-state index in [1.54, 1.807) is 14.2 Å². The zero-order chi connectivity index (χ0) is 23.8. The largest absolute Gasteiger partial charge is 0.493 e. The lowest BCUT2D eigenvalue weighted by atomic mass is 10.2. The van der Waals surface area contributed by atoms with Gasteiger partial charge in [0.05, 0.1) is 39.1 Å². The van der Waals surface area contributed by atoms with Gasteiger partial charge in [-0.25, -0.2) is 4.98 Å². The molecule has 2 aromatic rings. The van der Waals surface area contributed by atoms with Crippen molar-refractivity contribution in [2.75, 3.05) is 58.5 Å². The predicted octanol–water partition coefficient (Wildman–Crippen LogP) is 3.21. The number of aliphatic hydroxyl groups excluding tert-OH is 1. The Morgan fingerprint density at radius 2 is 1.82 bits per heavy atom. The van der Waals surface area contributed by atoms with Crippen LogP contribution >= 0.6 is 0 Å². The summed E-state index contributed by atoms with van der Waals surface area (Å²) in [5.74, 6) is 1.79. The molecule has 1 aliphatic heterocycles. The van der Waals surface area contributed by atoms with Gasteiger partial charge in [-0.3, -0.25) is 4.90 Å². The average Bonchev–Trinajstić information content (AvgIpc) is 3.04. The van der Waals surface area contributed by atoms with E-state index in [2.05, 4.69) is 9.88 Å². The number of pyridine rings is 1. The molecule has 1 aromatic carbocycles. The summed E-state index contributed by atoms with van der Waals surface area (Å²) in [4.78, 5) is 8.10. The van der Waals surface area contributed by atoms with Crippen molar-refractivity contribution < 1.29 is 32.5 Å². The number of aromatic nitrogens is 1. The molecule has 0 saturated carbocycles. The molecule has 0 amide bonds. The molecule has 10 heteroatoms. The minimum atomic E-state index is -4.39. The third kappa shape index (κ3) is 7.21. The summed E-state index contributed by atoms with van der Waals surface area (Å²) in [5, 5.41) is 10.4. The number of benzene rings is 1. The number of aliphatic hydroxyl groups is 1. The van der Waals surface area contributed by atoms with Gasteiger partial charge in [-0.2, -0.15) is 13.2 Å². The topological polar surface area (TPSA) is 67.3 Å². The van der Waals surface area contributed by atoms with Crippen LogP contribution in [0.3, 0.4) is 0 Å². The minimum absolute atomic E-state index is 0.190. The Bertz CT molecular complexity index is 880. The Hall–Kier alpha value is -2.56. The Kier molecular flexibility index (Phi) is 8.76. The summed E-state index contributed by atoms with van der Waals surface area (Å²) in [5.41, 5.74) is 0.160. The van der Waals surface area contributed by atoms with E-state index >= 15 is 0 Å². The van der Waals surface area contributed by atoms with Gasteiger partial charge in [0.2, 0.25) is 0 Å². The molecule has 33 heavy (non-hydrogen) atoms. The van der Waals surface area contributed by atoms with Gasteiger partial charge in [0.1, 0.15) is 5.82 Å². The molecule has 2 heterocycles. The number of halogens is 3. The Morgan fingerprint density at radius 1 is 1.03 bits per heavy atom. The number of alkyl halides is 3. The lowest BCUT2D eigenvalue weighted by molar-refractivity contribution is -0.137. The lowest BCUT2D eigenvalue weighted by Crippen LogP contribution is -2.37. The van der Waals surface area contributed by atoms with E-state index in [0.29, 0.717) is 50.1 Å². The van der Waals surface area contributed by atoms with Crippen molar-refractivity contribution in [1.29, 1.82) is 0 Å². The van der Waals surface area contributed by atoms with Gasteiger partial charge in [-0.05, 0) is 42.8 Å². The van der Waals surface area contributed by atoms with Crippen molar-refractivity contribution in [3.8, 4) is 11.5 Å². The van der Waals surface area contributed by atoms with E-state index in [9.17, 15) is 18.3 Å². The first-order valence-electron chi connectivity index (χ1n) is 10.8. The highest BCUT2D eigenvalue weighted by molar-refractivity contribution is 5.42. The molecule has 182 valence electrons. The number of ether oxygens (including phenoxy) is 3. The van der Waals surface area contributed by atoms with Gasteiger partial charge in [0.15, 0.2) is 11.5 Å². The zero-order valence-corrected chi connectivity index (χ0v) is 18.8. The standard InChI is InChI=1S/C23H30F3N3O4/c1-31-20-6-4-17(12-21(20)32-2)15-33-16-19(30)14-28-8-3-9-29(11-10-28)22-7-5-18(13-27-22)23(24,25)26/h4-7,12-13,19,30H,3,8-11,14-16H2,1-2H3/t19-/m1/s1. The highest BCUT2D eigenvalue weighted by Crippen LogP contribution is 2.30. The molecule has 1 fully saturated rings. The van der Waals surface area contributed by atoms with Crippen molar-refractivity contribution in [2.45, 2.75) is 25.3 Å². The Morgan fingerprint density at radius 3 is 2.48 bits per heavy atom. The van der Waals surface area contributed by atoms with Crippen molar-refractivity contribution in [2.24, 2.45) is 0 Å². The molecule has 7 nitrogen and oxygen atoms in total. The average molecular weight is 470 g/mol. The van der Waals surface area contributed by atoms with Crippen LogP contribution < -0.4 is 14.4 Å².